The standard InChI is InChI=1S/C16H23N3O/c1-12(14-7-5-9-19(2)11-14)18-16-13(10-17)6-4-8-15(16)20-3/h4,6,8,12,14,18H,5,7,9,11H2,1-3H3. The number of rotatable bonds is 4. The Balaban J connectivity index is 2.14. The number of nitriles is 1. The van der Waals surface area contributed by atoms with Gasteiger partial charge in [0.15, 0.2) is 0 Å². The van der Waals surface area contributed by atoms with Crippen molar-refractivity contribution in [1.29, 1.82) is 5.26 Å². The predicted molar refractivity (Wildman–Crippen MR) is 81.0 cm³/mol. The summed E-state index contributed by atoms with van der Waals surface area (Å²) in [7, 11) is 3.81. The number of methoxy groups -OCH3 is 1. The van der Waals surface area contributed by atoms with E-state index in [1.807, 2.05) is 18.2 Å². The summed E-state index contributed by atoms with van der Waals surface area (Å²) in [5.74, 6) is 1.34. The van der Waals surface area contributed by atoms with Crippen molar-refractivity contribution in [2.24, 2.45) is 5.92 Å². The average molecular weight is 273 g/mol. The minimum absolute atomic E-state index is 0.321. The summed E-state index contributed by atoms with van der Waals surface area (Å²) in [5.41, 5.74) is 1.46. The Morgan fingerprint density at radius 1 is 1.50 bits per heavy atom. The lowest BCUT2D eigenvalue weighted by atomic mass is 9.91. The van der Waals surface area contributed by atoms with Crippen molar-refractivity contribution >= 4 is 5.69 Å². The molecule has 1 aliphatic rings. The third kappa shape index (κ3) is 3.23. The van der Waals surface area contributed by atoms with Crippen LogP contribution in [0.1, 0.15) is 25.3 Å². The van der Waals surface area contributed by atoms with Crippen molar-refractivity contribution in [2.75, 3.05) is 32.6 Å². The fourth-order valence-electron chi connectivity index (χ4n) is 2.90. The van der Waals surface area contributed by atoms with Gasteiger partial charge in [0.05, 0.1) is 18.4 Å². The zero-order valence-corrected chi connectivity index (χ0v) is 12.5. The molecule has 4 nitrogen and oxygen atoms in total. The van der Waals surface area contributed by atoms with E-state index in [-0.39, 0.29) is 0 Å². The summed E-state index contributed by atoms with van der Waals surface area (Å²) in [5, 5.41) is 12.7. The van der Waals surface area contributed by atoms with Crippen molar-refractivity contribution in [3.63, 3.8) is 0 Å². The minimum Gasteiger partial charge on any atom is -0.495 e. The van der Waals surface area contributed by atoms with Gasteiger partial charge in [-0.2, -0.15) is 5.26 Å². The average Bonchev–Trinajstić information content (AvgIpc) is 2.47. The van der Waals surface area contributed by atoms with Crippen LogP contribution in [0.4, 0.5) is 5.69 Å². The Hall–Kier alpha value is -1.73. The van der Waals surface area contributed by atoms with Gasteiger partial charge in [-0.25, -0.2) is 0 Å². The molecule has 1 saturated heterocycles. The van der Waals surface area contributed by atoms with Crippen LogP contribution in [0.25, 0.3) is 0 Å². The van der Waals surface area contributed by atoms with Gasteiger partial charge in [0.1, 0.15) is 11.8 Å². The molecule has 4 heteroatoms. The molecule has 108 valence electrons. The first kappa shape index (κ1) is 14.7. The molecule has 2 atom stereocenters. The van der Waals surface area contributed by atoms with Crippen molar-refractivity contribution < 1.29 is 4.74 Å². The third-order valence-electron chi connectivity index (χ3n) is 4.11. The number of likely N-dealkylation sites (tertiary alicyclic amines) is 1. The summed E-state index contributed by atoms with van der Waals surface area (Å²) < 4.78 is 5.37. The van der Waals surface area contributed by atoms with E-state index in [2.05, 4.69) is 30.3 Å². The van der Waals surface area contributed by atoms with Gasteiger partial charge in [-0.05, 0) is 51.4 Å². The first-order valence-electron chi connectivity index (χ1n) is 7.18. The number of hydrogen-bond donors (Lipinski definition) is 1. The van der Waals surface area contributed by atoms with Crippen LogP contribution in [0.5, 0.6) is 5.75 Å². The highest BCUT2D eigenvalue weighted by atomic mass is 16.5. The third-order valence-corrected chi connectivity index (χ3v) is 4.11. The lowest BCUT2D eigenvalue weighted by Gasteiger charge is -2.34. The highest BCUT2D eigenvalue weighted by Gasteiger charge is 2.24. The number of piperidine rings is 1. The Labute approximate surface area is 121 Å². The molecule has 1 fully saturated rings. The Kier molecular flexibility index (Phi) is 4.86. The minimum atomic E-state index is 0.321. The summed E-state index contributed by atoms with van der Waals surface area (Å²) in [6, 6.07) is 8.12. The number of ether oxygens (including phenoxy) is 1. The summed E-state index contributed by atoms with van der Waals surface area (Å²) >= 11 is 0. The van der Waals surface area contributed by atoms with E-state index < -0.39 is 0 Å². The van der Waals surface area contributed by atoms with Crippen molar-refractivity contribution in [1.82, 2.24) is 4.90 Å². The second-order valence-corrected chi connectivity index (χ2v) is 5.59. The van der Waals surface area contributed by atoms with Gasteiger partial charge in [0.25, 0.3) is 0 Å². The number of nitrogens with zero attached hydrogens (tertiary/aromatic N) is 2. The van der Waals surface area contributed by atoms with E-state index in [0.717, 1.165) is 18.0 Å². The molecule has 0 spiro atoms. The molecule has 1 aromatic carbocycles. The van der Waals surface area contributed by atoms with E-state index >= 15 is 0 Å². The Morgan fingerprint density at radius 3 is 2.95 bits per heavy atom. The quantitative estimate of drug-likeness (QED) is 0.916. The number of anilines is 1. The lowest BCUT2D eigenvalue weighted by molar-refractivity contribution is 0.197. The smallest absolute Gasteiger partial charge is 0.143 e. The fourth-order valence-corrected chi connectivity index (χ4v) is 2.90. The Morgan fingerprint density at radius 2 is 2.30 bits per heavy atom. The summed E-state index contributed by atoms with van der Waals surface area (Å²) in [6.07, 6.45) is 2.47. The lowest BCUT2D eigenvalue weighted by Crippen LogP contribution is -2.40. The van der Waals surface area contributed by atoms with Crippen LogP contribution in [0.15, 0.2) is 18.2 Å². The van der Waals surface area contributed by atoms with Gasteiger partial charge >= 0.3 is 0 Å². The first-order valence-corrected chi connectivity index (χ1v) is 7.18. The predicted octanol–water partition coefficient (Wildman–Crippen LogP) is 2.71. The van der Waals surface area contributed by atoms with Crippen molar-refractivity contribution in [3.05, 3.63) is 23.8 Å². The molecule has 0 amide bonds. The molecule has 0 saturated carbocycles. The molecule has 1 N–H and O–H groups in total. The van der Waals surface area contributed by atoms with Crippen LogP contribution >= 0.6 is 0 Å². The maximum absolute atomic E-state index is 9.25. The van der Waals surface area contributed by atoms with Gasteiger partial charge in [-0.3, -0.25) is 0 Å². The fraction of sp³-hybridized carbons (Fsp3) is 0.562. The molecule has 2 unspecified atom stereocenters. The first-order chi connectivity index (χ1) is 9.65. The van der Waals surface area contributed by atoms with Crippen LogP contribution in [0, 0.1) is 17.2 Å². The molecule has 0 aromatic heterocycles. The van der Waals surface area contributed by atoms with Crippen LogP contribution < -0.4 is 10.1 Å². The number of hydrogen-bond acceptors (Lipinski definition) is 4. The molecule has 0 bridgehead atoms. The van der Waals surface area contributed by atoms with Crippen molar-refractivity contribution in [2.45, 2.75) is 25.8 Å². The van der Waals surface area contributed by atoms with Crippen LogP contribution in [0.3, 0.4) is 0 Å². The zero-order valence-electron chi connectivity index (χ0n) is 12.5. The molecule has 2 rings (SSSR count). The largest absolute Gasteiger partial charge is 0.495 e. The van der Waals surface area contributed by atoms with Crippen molar-refractivity contribution in [3.8, 4) is 11.8 Å². The molecule has 1 heterocycles. The maximum atomic E-state index is 9.25. The zero-order chi connectivity index (χ0) is 14.5. The second-order valence-electron chi connectivity index (χ2n) is 5.59. The van der Waals surface area contributed by atoms with Gasteiger partial charge < -0.3 is 15.0 Å². The van der Waals surface area contributed by atoms with Crippen LogP contribution in [-0.4, -0.2) is 38.2 Å². The number of nitrogens with one attached hydrogen (secondary N) is 1. The van der Waals surface area contributed by atoms with E-state index in [1.54, 1.807) is 7.11 Å². The van der Waals surface area contributed by atoms with Crippen LogP contribution in [-0.2, 0) is 0 Å². The van der Waals surface area contributed by atoms with Gasteiger partial charge in [-0.1, -0.05) is 6.07 Å². The highest BCUT2D eigenvalue weighted by molar-refractivity contribution is 5.66. The van der Waals surface area contributed by atoms with E-state index in [9.17, 15) is 5.26 Å². The van der Waals surface area contributed by atoms with Crippen LogP contribution in [0.2, 0.25) is 0 Å². The normalized spacial score (nSPS) is 21.0. The topological polar surface area (TPSA) is 48.3 Å². The second kappa shape index (κ2) is 6.62. The number of para-hydroxylation sites is 1. The Bertz CT molecular complexity index is 495. The van der Waals surface area contributed by atoms with E-state index in [4.69, 9.17) is 4.74 Å². The highest BCUT2D eigenvalue weighted by Crippen LogP contribution is 2.30. The molecule has 1 aromatic rings. The molecule has 0 aliphatic carbocycles. The van der Waals surface area contributed by atoms with E-state index in [0.29, 0.717) is 17.5 Å². The molecule has 20 heavy (non-hydrogen) atoms. The van der Waals surface area contributed by atoms with Gasteiger partial charge in [-0.15, -0.1) is 0 Å². The number of benzene rings is 1. The molecule has 0 radical (unpaired) electrons. The molecule has 1 aliphatic heterocycles. The molecular weight excluding hydrogens is 250 g/mol. The maximum Gasteiger partial charge on any atom is 0.143 e. The van der Waals surface area contributed by atoms with Gasteiger partial charge in [0, 0.05) is 12.6 Å². The SMILES string of the molecule is COc1cccc(C#N)c1NC(C)C1CCCN(C)C1. The summed E-state index contributed by atoms with van der Waals surface area (Å²) in [6.45, 7) is 4.48. The van der Waals surface area contributed by atoms with E-state index in [1.165, 1.54) is 19.4 Å². The van der Waals surface area contributed by atoms with Gasteiger partial charge in [0.2, 0.25) is 0 Å². The summed E-state index contributed by atoms with van der Waals surface area (Å²) in [4.78, 5) is 2.37. The molecular formula is C16H23N3O. The monoisotopic (exact) mass is 273 g/mol.